The van der Waals surface area contributed by atoms with Crippen molar-refractivity contribution >= 4 is 5.57 Å². The third-order valence-corrected chi connectivity index (χ3v) is 3.45. The first-order valence-electron chi connectivity index (χ1n) is 6.54. The number of aliphatic hydroxyl groups excluding tert-OH is 1. The Hall–Kier alpha value is -2.22. The molecule has 1 N–H and O–H groups in total. The highest BCUT2D eigenvalue weighted by molar-refractivity contribution is 5.86. The van der Waals surface area contributed by atoms with E-state index in [4.69, 9.17) is 4.74 Å². The Morgan fingerprint density at radius 2 is 1.74 bits per heavy atom. The van der Waals surface area contributed by atoms with Crippen molar-refractivity contribution in [1.82, 2.24) is 0 Å². The fourth-order valence-corrected chi connectivity index (χ4v) is 2.48. The van der Waals surface area contributed by atoms with Gasteiger partial charge in [-0.1, -0.05) is 49.4 Å². The average Bonchev–Trinajstić information content (AvgIpc) is 2.63. The number of allylic oxidation sites excluding steroid dienone is 1. The van der Waals surface area contributed by atoms with E-state index in [1.807, 2.05) is 55.5 Å². The van der Waals surface area contributed by atoms with E-state index >= 15 is 0 Å². The minimum Gasteiger partial charge on any atom is -0.512 e. The fourth-order valence-electron chi connectivity index (χ4n) is 2.48. The van der Waals surface area contributed by atoms with Gasteiger partial charge in [0.2, 0.25) is 0 Å². The molecule has 0 amide bonds. The number of benzene rings is 2. The van der Waals surface area contributed by atoms with E-state index < -0.39 is 0 Å². The van der Waals surface area contributed by atoms with Gasteiger partial charge >= 0.3 is 0 Å². The number of para-hydroxylation sites is 1. The Bertz CT molecular complexity index is 592. The van der Waals surface area contributed by atoms with Gasteiger partial charge in [0.15, 0.2) is 0 Å². The number of hydrogen-bond acceptors (Lipinski definition) is 2. The van der Waals surface area contributed by atoms with Crippen LogP contribution >= 0.6 is 0 Å². The molecule has 96 valence electrons. The first kappa shape index (κ1) is 11.8. The molecule has 3 rings (SSSR count). The molecule has 2 aromatic carbocycles. The van der Waals surface area contributed by atoms with E-state index in [2.05, 4.69) is 0 Å². The highest BCUT2D eigenvalue weighted by Crippen LogP contribution is 2.38. The van der Waals surface area contributed by atoms with Crippen molar-refractivity contribution in [3.05, 3.63) is 71.0 Å². The molecular formula is C17H16O2. The van der Waals surface area contributed by atoms with Crippen LogP contribution in [0, 0.1) is 0 Å². The molecule has 2 nitrogen and oxygen atoms in total. The summed E-state index contributed by atoms with van der Waals surface area (Å²) in [5, 5.41) is 10.3. The van der Waals surface area contributed by atoms with Gasteiger partial charge in [-0.3, -0.25) is 0 Å². The van der Waals surface area contributed by atoms with Crippen molar-refractivity contribution in [2.75, 3.05) is 0 Å². The van der Waals surface area contributed by atoms with Gasteiger partial charge in [-0.15, -0.1) is 0 Å². The molecule has 0 unspecified atom stereocenters. The van der Waals surface area contributed by atoms with Crippen molar-refractivity contribution in [2.24, 2.45) is 0 Å². The molecule has 0 aliphatic carbocycles. The summed E-state index contributed by atoms with van der Waals surface area (Å²) in [7, 11) is 0. The molecule has 0 radical (unpaired) electrons. The zero-order chi connectivity index (χ0) is 13.2. The SMILES string of the molecule is CCC(O)=C1c2ccccc2COc2ccccc21. The van der Waals surface area contributed by atoms with Gasteiger partial charge in [0.1, 0.15) is 18.1 Å². The summed E-state index contributed by atoms with van der Waals surface area (Å²) < 4.78 is 5.85. The van der Waals surface area contributed by atoms with Crippen LogP contribution in [0.25, 0.3) is 5.57 Å². The second-order valence-corrected chi connectivity index (χ2v) is 4.62. The van der Waals surface area contributed by atoms with Gasteiger partial charge in [-0.05, 0) is 17.2 Å². The zero-order valence-electron chi connectivity index (χ0n) is 10.9. The Kier molecular flexibility index (Phi) is 3.00. The van der Waals surface area contributed by atoms with Crippen LogP contribution < -0.4 is 4.74 Å². The van der Waals surface area contributed by atoms with Gasteiger partial charge in [-0.2, -0.15) is 0 Å². The van der Waals surface area contributed by atoms with E-state index in [-0.39, 0.29) is 0 Å². The second kappa shape index (κ2) is 4.81. The molecule has 0 fully saturated rings. The number of ether oxygens (including phenoxy) is 1. The molecule has 19 heavy (non-hydrogen) atoms. The Morgan fingerprint density at radius 3 is 2.53 bits per heavy atom. The first-order valence-corrected chi connectivity index (χ1v) is 6.54. The highest BCUT2D eigenvalue weighted by Gasteiger charge is 2.21. The van der Waals surface area contributed by atoms with Crippen LogP contribution in [0.5, 0.6) is 5.75 Å². The number of fused-ring (bicyclic) bond motifs is 2. The van der Waals surface area contributed by atoms with Crippen LogP contribution in [0.1, 0.15) is 30.0 Å². The summed E-state index contributed by atoms with van der Waals surface area (Å²) in [6, 6.07) is 16.0. The van der Waals surface area contributed by atoms with E-state index in [9.17, 15) is 5.11 Å². The Labute approximate surface area is 113 Å². The van der Waals surface area contributed by atoms with Crippen molar-refractivity contribution in [2.45, 2.75) is 20.0 Å². The Balaban J connectivity index is 2.32. The normalized spacial score (nSPS) is 15.8. The topological polar surface area (TPSA) is 29.5 Å². The second-order valence-electron chi connectivity index (χ2n) is 4.62. The third-order valence-electron chi connectivity index (χ3n) is 3.45. The van der Waals surface area contributed by atoms with Crippen molar-refractivity contribution in [1.29, 1.82) is 0 Å². The molecule has 0 saturated carbocycles. The monoisotopic (exact) mass is 252 g/mol. The van der Waals surface area contributed by atoms with Gasteiger partial charge in [-0.25, -0.2) is 0 Å². The molecule has 2 heteroatoms. The zero-order valence-corrected chi connectivity index (χ0v) is 10.9. The number of rotatable bonds is 1. The fraction of sp³-hybridized carbons (Fsp3) is 0.176. The van der Waals surface area contributed by atoms with Gasteiger partial charge in [0.25, 0.3) is 0 Å². The number of hydrogen-bond donors (Lipinski definition) is 1. The minimum atomic E-state index is 0.408. The van der Waals surface area contributed by atoms with Crippen molar-refractivity contribution < 1.29 is 9.84 Å². The maximum absolute atomic E-state index is 10.3. The summed E-state index contributed by atoms with van der Waals surface area (Å²) in [6.45, 7) is 2.49. The molecule has 1 aliphatic heterocycles. The largest absolute Gasteiger partial charge is 0.512 e. The van der Waals surface area contributed by atoms with E-state index in [1.54, 1.807) is 0 Å². The van der Waals surface area contributed by atoms with Gasteiger partial charge in [0, 0.05) is 17.6 Å². The molecule has 2 aromatic rings. The van der Waals surface area contributed by atoms with Crippen LogP contribution in [0.4, 0.5) is 0 Å². The van der Waals surface area contributed by atoms with Crippen LogP contribution in [-0.4, -0.2) is 5.11 Å². The lowest BCUT2D eigenvalue weighted by molar-refractivity contribution is 0.307. The maximum atomic E-state index is 10.3. The molecular weight excluding hydrogens is 236 g/mol. The molecule has 0 bridgehead atoms. The molecule has 1 heterocycles. The molecule has 0 spiro atoms. The van der Waals surface area contributed by atoms with Crippen LogP contribution in [0.3, 0.4) is 0 Å². The first-order chi connectivity index (χ1) is 9.31. The number of aliphatic hydroxyl groups is 1. The molecule has 1 aliphatic rings. The quantitative estimate of drug-likeness (QED) is 0.766. The minimum absolute atomic E-state index is 0.408. The summed E-state index contributed by atoms with van der Waals surface area (Å²) >= 11 is 0. The predicted molar refractivity (Wildman–Crippen MR) is 76.2 cm³/mol. The molecule has 0 aromatic heterocycles. The van der Waals surface area contributed by atoms with Crippen LogP contribution in [0.15, 0.2) is 54.3 Å². The Morgan fingerprint density at radius 1 is 1.05 bits per heavy atom. The standard InChI is InChI=1S/C17H16O2/c1-2-15(18)17-13-8-4-3-7-12(13)11-19-16-10-6-5-9-14(16)17/h3-10,18H,2,11H2,1H3. The van der Waals surface area contributed by atoms with Crippen LogP contribution in [-0.2, 0) is 6.61 Å². The summed E-state index contributed by atoms with van der Waals surface area (Å²) in [5.74, 6) is 1.24. The lowest BCUT2D eigenvalue weighted by atomic mass is 9.93. The molecule has 0 atom stereocenters. The maximum Gasteiger partial charge on any atom is 0.127 e. The third kappa shape index (κ3) is 1.99. The van der Waals surface area contributed by atoms with Crippen molar-refractivity contribution in [3.8, 4) is 5.75 Å². The summed E-state index contributed by atoms with van der Waals surface area (Å²) in [4.78, 5) is 0. The highest BCUT2D eigenvalue weighted by atomic mass is 16.5. The predicted octanol–water partition coefficient (Wildman–Crippen LogP) is 4.31. The summed E-state index contributed by atoms with van der Waals surface area (Å²) in [5.41, 5.74) is 4.03. The molecule has 0 saturated heterocycles. The average molecular weight is 252 g/mol. The lowest BCUT2D eigenvalue weighted by Crippen LogP contribution is -1.96. The van der Waals surface area contributed by atoms with Gasteiger partial charge in [0.05, 0.1) is 0 Å². The van der Waals surface area contributed by atoms with Gasteiger partial charge < -0.3 is 9.84 Å². The van der Waals surface area contributed by atoms with Crippen LogP contribution in [0.2, 0.25) is 0 Å². The summed E-state index contributed by atoms with van der Waals surface area (Å²) in [6.07, 6.45) is 0.609. The smallest absolute Gasteiger partial charge is 0.127 e. The van der Waals surface area contributed by atoms with E-state index in [1.165, 1.54) is 0 Å². The lowest BCUT2D eigenvalue weighted by Gasteiger charge is -2.12. The van der Waals surface area contributed by atoms with Crippen molar-refractivity contribution in [3.63, 3.8) is 0 Å². The van der Waals surface area contributed by atoms with E-state index in [0.29, 0.717) is 18.8 Å². The van der Waals surface area contributed by atoms with E-state index in [0.717, 1.165) is 28.0 Å².